The van der Waals surface area contributed by atoms with Crippen LogP contribution in [0, 0.1) is 13.8 Å². The van der Waals surface area contributed by atoms with E-state index in [0.717, 1.165) is 38.2 Å². The van der Waals surface area contributed by atoms with Crippen LogP contribution < -0.4 is 10.1 Å². The van der Waals surface area contributed by atoms with Gasteiger partial charge in [0.2, 0.25) is 0 Å². The van der Waals surface area contributed by atoms with Crippen LogP contribution >= 0.6 is 11.6 Å². The minimum atomic E-state index is -0.171. The molecule has 1 aliphatic heterocycles. The van der Waals surface area contributed by atoms with Gasteiger partial charge in [-0.1, -0.05) is 11.6 Å². The second kappa shape index (κ2) is 11.0. The highest BCUT2D eigenvalue weighted by atomic mass is 35.5. The van der Waals surface area contributed by atoms with Crippen LogP contribution in [0.5, 0.6) is 5.75 Å². The Hall–Kier alpha value is -2.09. The van der Waals surface area contributed by atoms with E-state index < -0.39 is 0 Å². The minimum Gasteiger partial charge on any atom is -0.489 e. The molecule has 2 aromatic rings. The second-order valence-electron chi connectivity index (χ2n) is 8.21. The highest BCUT2D eigenvalue weighted by molar-refractivity contribution is 6.32. The first-order valence-corrected chi connectivity index (χ1v) is 11.2. The maximum absolute atomic E-state index is 12.1. The molecule has 0 aliphatic carbocycles. The van der Waals surface area contributed by atoms with Gasteiger partial charge in [-0.25, -0.2) is 0 Å². The Morgan fingerprint density at radius 3 is 2.65 bits per heavy atom. The number of aromatic nitrogens is 2. The van der Waals surface area contributed by atoms with E-state index in [1.165, 1.54) is 5.69 Å². The van der Waals surface area contributed by atoms with Crippen LogP contribution in [-0.4, -0.2) is 66.1 Å². The smallest absolute Gasteiger partial charge is 0.251 e. The first-order chi connectivity index (χ1) is 14.9. The summed E-state index contributed by atoms with van der Waals surface area (Å²) in [4.78, 5) is 14.6. The summed E-state index contributed by atoms with van der Waals surface area (Å²) in [6, 6.07) is 7.72. The number of piperidine rings is 1. The van der Waals surface area contributed by atoms with Gasteiger partial charge in [0, 0.05) is 44.0 Å². The molecule has 1 fully saturated rings. The molecule has 0 radical (unpaired) electrons. The van der Waals surface area contributed by atoms with Crippen LogP contribution in [0.4, 0.5) is 0 Å². The summed E-state index contributed by atoms with van der Waals surface area (Å²) in [6.07, 6.45) is 2.00. The van der Waals surface area contributed by atoms with Crippen LogP contribution in [0.25, 0.3) is 0 Å². The molecule has 170 valence electrons. The van der Waals surface area contributed by atoms with E-state index in [1.807, 2.05) is 6.92 Å². The van der Waals surface area contributed by atoms with Gasteiger partial charge in [-0.05, 0) is 57.9 Å². The average Bonchev–Trinajstić information content (AvgIpc) is 3.06. The summed E-state index contributed by atoms with van der Waals surface area (Å²) in [5.74, 6) is 0.458. The van der Waals surface area contributed by atoms with E-state index in [2.05, 4.69) is 39.9 Å². The fourth-order valence-corrected chi connectivity index (χ4v) is 4.17. The number of halogens is 1. The van der Waals surface area contributed by atoms with E-state index in [9.17, 15) is 4.79 Å². The Morgan fingerprint density at radius 1 is 1.29 bits per heavy atom. The van der Waals surface area contributed by atoms with Crippen molar-refractivity contribution in [2.24, 2.45) is 0 Å². The predicted octanol–water partition coefficient (Wildman–Crippen LogP) is 3.46. The molecule has 3 rings (SSSR count). The highest BCUT2D eigenvalue weighted by Gasteiger charge is 2.25. The van der Waals surface area contributed by atoms with Crippen LogP contribution in [-0.2, 0) is 11.3 Å². The van der Waals surface area contributed by atoms with E-state index in [0.29, 0.717) is 35.5 Å². The van der Waals surface area contributed by atoms with Gasteiger partial charge in [0.15, 0.2) is 0 Å². The van der Waals surface area contributed by atoms with Crippen molar-refractivity contribution >= 4 is 17.5 Å². The number of benzene rings is 1. The summed E-state index contributed by atoms with van der Waals surface area (Å²) in [6.45, 7) is 10.2. The number of aryl methyl sites for hydroxylation is 2. The maximum atomic E-state index is 12.1. The van der Waals surface area contributed by atoms with Crippen molar-refractivity contribution in [2.45, 2.75) is 52.3 Å². The number of carbonyl (C=O) groups excluding carboxylic acids is 1. The number of nitrogens with zero attached hydrogens (tertiary/aromatic N) is 3. The Morgan fingerprint density at radius 2 is 2.03 bits per heavy atom. The Bertz CT molecular complexity index is 878. The zero-order valence-corrected chi connectivity index (χ0v) is 19.6. The SMILES string of the molecule is COCCNC(=O)c1ccc(OC2CCN([C@H](C)Cn3nc(C)cc3C)CC2)c(Cl)c1. The number of rotatable bonds is 9. The van der Waals surface area contributed by atoms with Gasteiger partial charge >= 0.3 is 0 Å². The number of hydrogen-bond donors (Lipinski definition) is 1. The molecule has 1 atom stereocenters. The number of amides is 1. The summed E-state index contributed by atoms with van der Waals surface area (Å²) in [5.41, 5.74) is 2.78. The normalized spacial score (nSPS) is 16.3. The fourth-order valence-electron chi connectivity index (χ4n) is 3.95. The van der Waals surface area contributed by atoms with Crippen LogP contribution in [0.1, 0.15) is 41.5 Å². The van der Waals surface area contributed by atoms with E-state index in [-0.39, 0.29) is 12.0 Å². The number of ether oxygens (including phenoxy) is 2. The molecule has 31 heavy (non-hydrogen) atoms. The van der Waals surface area contributed by atoms with Gasteiger partial charge in [-0.3, -0.25) is 14.4 Å². The molecule has 0 saturated carbocycles. The van der Waals surface area contributed by atoms with Crippen molar-refractivity contribution in [2.75, 3.05) is 33.4 Å². The van der Waals surface area contributed by atoms with Gasteiger partial charge in [0.25, 0.3) is 5.91 Å². The van der Waals surface area contributed by atoms with Gasteiger partial charge < -0.3 is 14.8 Å². The first-order valence-electron chi connectivity index (χ1n) is 10.9. The average molecular weight is 449 g/mol. The lowest BCUT2D eigenvalue weighted by Crippen LogP contribution is -2.44. The molecule has 7 nitrogen and oxygen atoms in total. The molecule has 1 aliphatic rings. The molecule has 1 aromatic carbocycles. The quantitative estimate of drug-likeness (QED) is 0.595. The van der Waals surface area contributed by atoms with Crippen molar-refractivity contribution in [1.29, 1.82) is 0 Å². The third-order valence-electron chi connectivity index (χ3n) is 5.72. The van der Waals surface area contributed by atoms with Gasteiger partial charge in [-0.2, -0.15) is 5.10 Å². The molecule has 1 amide bonds. The molecule has 2 heterocycles. The van der Waals surface area contributed by atoms with Gasteiger partial charge in [-0.15, -0.1) is 0 Å². The van der Waals surface area contributed by atoms with Crippen molar-refractivity contribution in [3.8, 4) is 5.75 Å². The molecule has 1 N–H and O–H groups in total. The topological polar surface area (TPSA) is 68.6 Å². The summed E-state index contributed by atoms with van der Waals surface area (Å²) in [5, 5.41) is 7.83. The lowest BCUT2D eigenvalue weighted by atomic mass is 10.1. The van der Waals surface area contributed by atoms with Crippen LogP contribution in [0.15, 0.2) is 24.3 Å². The Labute approximate surface area is 189 Å². The summed E-state index contributed by atoms with van der Waals surface area (Å²) in [7, 11) is 1.60. The molecule has 0 spiro atoms. The lowest BCUT2D eigenvalue weighted by molar-refractivity contribution is 0.0738. The first kappa shape index (κ1) is 23.6. The van der Waals surface area contributed by atoms with Crippen molar-refractivity contribution in [3.63, 3.8) is 0 Å². The van der Waals surface area contributed by atoms with Crippen molar-refractivity contribution in [1.82, 2.24) is 20.0 Å². The largest absolute Gasteiger partial charge is 0.489 e. The summed E-state index contributed by atoms with van der Waals surface area (Å²) >= 11 is 6.39. The third kappa shape index (κ3) is 6.45. The summed E-state index contributed by atoms with van der Waals surface area (Å²) < 4.78 is 13.2. The van der Waals surface area contributed by atoms with Crippen LogP contribution in [0.3, 0.4) is 0 Å². The highest BCUT2D eigenvalue weighted by Crippen LogP contribution is 2.29. The molecule has 8 heteroatoms. The molecule has 1 aromatic heterocycles. The zero-order valence-electron chi connectivity index (χ0n) is 18.9. The van der Waals surface area contributed by atoms with E-state index >= 15 is 0 Å². The van der Waals surface area contributed by atoms with Crippen molar-refractivity contribution in [3.05, 3.63) is 46.2 Å². The Kier molecular flexibility index (Phi) is 8.35. The lowest BCUT2D eigenvalue weighted by Gasteiger charge is -2.36. The second-order valence-corrected chi connectivity index (χ2v) is 8.61. The zero-order chi connectivity index (χ0) is 22.4. The number of nitrogens with one attached hydrogen (secondary N) is 1. The fraction of sp³-hybridized carbons (Fsp3) is 0.565. The van der Waals surface area contributed by atoms with E-state index in [4.69, 9.17) is 21.1 Å². The molecule has 0 unspecified atom stereocenters. The standard InChI is InChI=1S/C23H33ClN4O3/c1-16-13-17(2)28(26-16)15-18(3)27-10-7-20(8-11-27)31-22-6-5-19(14-21(22)24)23(29)25-9-12-30-4/h5-6,13-14,18,20H,7-12,15H2,1-4H3,(H,25,29)/t18-/m1/s1. The number of methoxy groups -OCH3 is 1. The number of hydrogen-bond acceptors (Lipinski definition) is 5. The number of likely N-dealkylation sites (tertiary alicyclic amines) is 1. The van der Waals surface area contributed by atoms with Gasteiger partial charge in [0.1, 0.15) is 11.9 Å². The monoisotopic (exact) mass is 448 g/mol. The maximum Gasteiger partial charge on any atom is 0.251 e. The molecular weight excluding hydrogens is 416 g/mol. The number of carbonyl (C=O) groups is 1. The van der Waals surface area contributed by atoms with Gasteiger partial charge in [0.05, 0.1) is 23.9 Å². The van der Waals surface area contributed by atoms with Crippen molar-refractivity contribution < 1.29 is 14.3 Å². The van der Waals surface area contributed by atoms with Crippen LogP contribution in [0.2, 0.25) is 5.02 Å². The Balaban J connectivity index is 1.49. The van der Waals surface area contributed by atoms with E-state index in [1.54, 1.807) is 25.3 Å². The molecular formula is C23H33ClN4O3. The molecule has 0 bridgehead atoms. The predicted molar refractivity (Wildman–Crippen MR) is 122 cm³/mol. The minimum absolute atomic E-state index is 0.121. The molecule has 1 saturated heterocycles. The third-order valence-corrected chi connectivity index (χ3v) is 6.02.